The maximum Gasteiger partial charge on any atom is 0.116 e. The van der Waals surface area contributed by atoms with E-state index in [1.807, 2.05) is 30.4 Å². The van der Waals surface area contributed by atoms with E-state index in [2.05, 4.69) is 24.8 Å². The number of ether oxygens (including phenoxy) is 1. The molecular weight excluding hydrogens is 184 g/mol. The van der Waals surface area contributed by atoms with E-state index in [4.69, 9.17) is 4.74 Å². The molecule has 1 nitrogen and oxygen atoms in total. The molecule has 76 valence electrons. The molecule has 0 aliphatic heterocycles. The van der Waals surface area contributed by atoms with Crippen molar-refractivity contribution < 1.29 is 4.74 Å². The number of allylic oxidation sites excluding steroid dienone is 4. The van der Waals surface area contributed by atoms with Crippen LogP contribution >= 0.6 is 0 Å². The molecule has 0 radical (unpaired) electrons. The lowest BCUT2D eigenvalue weighted by Crippen LogP contribution is -1.94. The molecule has 0 amide bonds. The minimum Gasteiger partial charge on any atom is -0.489 e. The summed E-state index contributed by atoms with van der Waals surface area (Å²) in [6.07, 6.45) is 7.12. The van der Waals surface area contributed by atoms with Gasteiger partial charge in [-0.15, -0.1) is 0 Å². The van der Waals surface area contributed by atoms with Crippen molar-refractivity contribution in [1.29, 1.82) is 0 Å². The van der Waals surface area contributed by atoms with Gasteiger partial charge in [-0.3, -0.25) is 0 Å². The van der Waals surface area contributed by atoms with Gasteiger partial charge in [0, 0.05) is 0 Å². The molecule has 0 saturated heterocycles. The second kappa shape index (κ2) is 4.65. The van der Waals surface area contributed by atoms with Crippen LogP contribution in [0.2, 0.25) is 0 Å². The van der Waals surface area contributed by atoms with Crippen LogP contribution in [0.1, 0.15) is 12.0 Å². The highest BCUT2D eigenvalue weighted by Gasteiger charge is 2.05. The minimum absolute atomic E-state index is 0.594. The summed E-state index contributed by atoms with van der Waals surface area (Å²) in [5, 5.41) is 0. The predicted octanol–water partition coefficient (Wildman–Crippen LogP) is 3.60. The molecule has 1 aromatic rings. The monoisotopic (exact) mass is 198 g/mol. The number of hydrogen-bond acceptors (Lipinski definition) is 1. The Hall–Kier alpha value is -1.76. The van der Waals surface area contributed by atoms with Crippen molar-refractivity contribution in [2.45, 2.75) is 13.0 Å². The second-order valence-corrected chi connectivity index (χ2v) is 3.52. The normalized spacial score (nSPS) is 13.7. The van der Waals surface area contributed by atoms with Crippen LogP contribution in [0.15, 0.2) is 66.5 Å². The number of hydrogen-bond donors (Lipinski definition) is 0. The van der Waals surface area contributed by atoms with Crippen LogP contribution in [0.25, 0.3) is 0 Å². The second-order valence-electron chi connectivity index (χ2n) is 3.52. The molecule has 2 rings (SSSR count). The standard InChI is InChI=1S/C14H14O/c1-12(14-9-5-6-10-14)15-11-13-7-3-2-4-8-13/h2-9H,1,10-11H2. The topological polar surface area (TPSA) is 9.23 Å². The summed E-state index contributed by atoms with van der Waals surface area (Å²) < 4.78 is 5.61. The highest BCUT2D eigenvalue weighted by Crippen LogP contribution is 2.20. The molecule has 0 aromatic heterocycles. The van der Waals surface area contributed by atoms with E-state index in [0.717, 1.165) is 12.2 Å². The summed E-state index contributed by atoms with van der Waals surface area (Å²) in [7, 11) is 0. The van der Waals surface area contributed by atoms with E-state index >= 15 is 0 Å². The van der Waals surface area contributed by atoms with Crippen molar-refractivity contribution in [1.82, 2.24) is 0 Å². The van der Waals surface area contributed by atoms with Gasteiger partial charge in [-0.05, 0) is 17.6 Å². The van der Waals surface area contributed by atoms with Crippen LogP contribution < -0.4 is 0 Å². The Morgan fingerprint density at radius 3 is 2.73 bits per heavy atom. The summed E-state index contributed by atoms with van der Waals surface area (Å²) in [4.78, 5) is 0. The van der Waals surface area contributed by atoms with Gasteiger partial charge in [-0.1, -0.05) is 55.1 Å². The lowest BCUT2D eigenvalue weighted by Gasteiger charge is -2.09. The number of benzene rings is 1. The van der Waals surface area contributed by atoms with Crippen molar-refractivity contribution in [3.63, 3.8) is 0 Å². The third kappa shape index (κ3) is 2.59. The first-order valence-electron chi connectivity index (χ1n) is 5.08. The van der Waals surface area contributed by atoms with E-state index in [-0.39, 0.29) is 0 Å². The Kier molecular flexibility index (Phi) is 3.03. The Balaban J connectivity index is 1.86. The zero-order valence-corrected chi connectivity index (χ0v) is 8.65. The smallest absolute Gasteiger partial charge is 0.116 e. The quantitative estimate of drug-likeness (QED) is 0.671. The molecule has 1 aromatic carbocycles. The van der Waals surface area contributed by atoms with Gasteiger partial charge in [-0.2, -0.15) is 0 Å². The third-order valence-corrected chi connectivity index (χ3v) is 2.39. The summed E-state index contributed by atoms with van der Waals surface area (Å²) in [5.41, 5.74) is 2.34. The Bertz CT molecular complexity index is 399. The van der Waals surface area contributed by atoms with E-state index in [0.29, 0.717) is 6.61 Å². The van der Waals surface area contributed by atoms with Crippen molar-refractivity contribution in [3.8, 4) is 0 Å². The van der Waals surface area contributed by atoms with Gasteiger partial charge >= 0.3 is 0 Å². The third-order valence-electron chi connectivity index (χ3n) is 2.39. The fourth-order valence-corrected chi connectivity index (χ4v) is 1.49. The lowest BCUT2D eigenvalue weighted by molar-refractivity contribution is 0.207. The maximum atomic E-state index is 5.61. The van der Waals surface area contributed by atoms with Crippen molar-refractivity contribution in [2.24, 2.45) is 0 Å². The van der Waals surface area contributed by atoms with Gasteiger partial charge in [0.05, 0.1) is 0 Å². The molecule has 15 heavy (non-hydrogen) atoms. The van der Waals surface area contributed by atoms with Crippen LogP contribution in [0, 0.1) is 0 Å². The molecule has 0 saturated carbocycles. The molecule has 0 heterocycles. The average Bonchev–Trinajstić information content (AvgIpc) is 2.81. The minimum atomic E-state index is 0.594. The first-order chi connectivity index (χ1) is 7.36. The van der Waals surface area contributed by atoms with Gasteiger partial charge in [-0.25, -0.2) is 0 Å². The molecule has 0 bridgehead atoms. The van der Waals surface area contributed by atoms with Gasteiger partial charge in [0.25, 0.3) is 0 Å². The molecule has 0 unspecified atom stereocenters. The van der Waals surface area contributed by atoms with E-state index in [9.17, 15) is 0 Å². The van der Waals surface area contributed by atoms with Gasteiger partial charge < -0.3 is 4.74 Å². The fraction of sp³-hybridized carbons (Fsp3) is 0.143. The van der Waals surface area contributed by atoms with Gasteiger partial charge in [0.2, 0.25) is 0 Å². The highest BCUT2D eigenvalue weighted by atomic mass is 16.5. The first-order valence-corrected chi connectivity index (χ1v) is 5.08. The zero-order valence-electron chi connectivity index (χ0n) is 8.65. The highest BCUT2D eigenvalue weighted by molar-refractivity contribution is 5.34. The van der Waals surface area contributed by atoms with Crippen LogP contribution in [-0.2, 0) is 11.3 Å². The first kappa shape index (κ1) is 9.78. The SMILES string of the molecule is C=C(OCc1ccccc1)C1=CC=CC1. The maximum absolute atomic E-state index is 5.61. The largest absolute Gasteiger partial charge is 0.489 e. The molecule has 1 aliphatic carbocycles. The summed E-state index contributed by atoms with van der Waals surface area (Å²) in [6.45, 7) is 4.52. The van der Waals surface area contributed by atoms with E-state index in [1.165, 1.54) is 11.1 Å². The fourth-order valence-electron chi connectivity index (χ4n) is 1.49. The summed E-state index contributed by atoms with van der Waals surface area (Å²) in [6, 6.07) is 10.1. The molecule has 1 aliphatic rings. The van der Waals surface area contributed by atoms with Gasteiger partial charge in [0.1, 0.15) is 12.4 Å². The van der Waals surface area contributed by atoms with Crippen LogP contribution in [0.3, 0.4) is 0 Å². The van der Waals surface area contributed by atoms with Gasteiger partial charge in [0.15, 0.2) is 0 Å². The van der Waals surface area contributed by atoms with Crippen molar-refractivity contribution >= 4 is 0 Å². The molecule has 0 atom stereocenters. The molecular formula is C14H14O. The van der Waals surface area contributed by atoms with E-state index < -0.39 is 0 Å². The van der Waals surface area contributed by atoms with Crippen molar-refractivity contribution in [2.75, 3.05) is 0 Å². The molecule has 0 N–H and O–H groups in total. The van der Waals surface area contributed by atoms with Crippen LogP contribution in [0.4, 0.5) is 0 Å². The Labute approximate surface area is 90.4 Å². The lowest BCUT2D eigenvalue weighted by atomic mass is 10.2. The average molecular weight is 198 g/mol. The molecule has 0 fully saturated rings. The summed E-state index contributed by atoms with van der Waals surface area (Å²) in [5.74, 6) is 0.781. The molecule has 0 spiro atoms. The van der Waals surface area contributed by atoms with E-state index in [1.54, 1.807) is 0 Å². The Morgan fingerprint density at radius 2 is 2.07 bits per heavy atom. The zero-order chi connectivity index (χ0) is 10.5. The molecule has 1 heteroatoms. The summed E-state index contributed by atoms with van der Waals surface area (Å²) >= 11 is 0. The van der Waals surface area contributed by atoms with Crippen LogP contribution in [-0.4, -0.2) is 0 Å². The Morgan fingerprint density at radius 1 is 1.27 bits per heavy atom. The van der Waals surface area contributed by atoms with Crippen LogP contribution in [0.5, 0.6) is 0 Å². The van der Waals surface area contributed by atoms with Crippen molar-refractivity contribution in [3.05, 3.63) is 72.0 Å². The predicted molar refractivity (Wildman–Crippen MR) is 62.2 cm³/mol. The number of rotatable bonds is 4.